The van der Waals surface area contributed by atoms with E-state index in [4.69, 9.17) is 9.84 Å². The van der Waals surface area contributed by atoms with Crippen LogP contribution in [0.15, 0.2) is 11.6 Å². The molecule has 0 spiro atoms. The molecule has 1 N–H and O–H groups in total. The zero-order valence-electron chi connectivity index (χ0n) is 8.54. The van der Waals surface area contributed by atoms with E-state index in [9.17, 15) is 4.79 Å². The lowest BCUT2D eigenvalue weighted by Crippen LogP contribution is -2.03. The van der Waals surface area contributed by atoms with Gasteiger partial charge in [-0.15, -0.1) is 0 Å². The van der Waals surface area contributed by atoms with Gasteiger partial charge in [-0.05, 0) is 19.3 Å². The van der Waals surface area contributed by atoms with E-state index in [0.29, 0.717) is 24.5 Å². The minimum Gasteiger partial charge on any atom is -0.478 e. The monoisotopic (exact) mass is 186 g/mol. The molecule has 13 heavy (non-hydrogen) atoms. The van der Waals surface area contributed by atoms with E-state index in [1.807, 2.05) is 0 Å². The maximum atomic E-state index is 10.4. The lowest BCUT2D eigenvalue weighted by atomic mass is 10.2. The Hall–Kier alpha value is -0.830. The van der Waals surface area contributed by atoms with Crippen LogP contribution in [0.3, 0.4) is 0 Å². The van der Waals surface area contributed by atoms with Gasteiger partial charge < -0.3 is 9.84 Å². The number of hydrogen-bond acceptors (Lipinski definition) is 2. The quantitative estimate of drug-likeness (QED) is 0.510. The summed E-state index contributed by atoms with van der Waals surface area (Å²) in [7, 11) is 0. The first-order chi connectivity index (χ1) is 6.04. The van der Waals surface area contributed by atoms with Crippen LogP contribution in [0.2, 0.25) is 0 Å². The first-order valence-electron chi connectivity index (χ1n) is 4.51. The molecule has 0 amide bonds. The molecule has 0 aromatic heterocycles. The highest BCUT2D eigenvalue weighted by atomic mass is 16.5. The summed E-state index contributed by atoms with van der Waals surface area (Å²) in [6, 6.07) is 0. The highest BCUT2D eigenvalue weighted by Gasteiger charge is 1.98. The lowest BCUT2D eigenvalue weighted by molar-refractivity contribution is -0.132. The van der Waals surface area contributed by atoms with Crippen molar-refractivity contribution in [3.8, 4) is 0 Å². The van der Waals surface area contributed by atoms with Gasteiger partial charge in [-0.25, -0.2) is 4.79 Å². The molecule has 0 aromatic rings. The number of carboxylic acid groups (broad SMARTS) is 1. The van der Waals surface area contributed by atoms with Gasteiger partial charge >= 0.3 is 5.97 Å². The Bertz CT molecular complexity index is 183. The normalized spacial score (nSPS) is 12.2. The average molecular weight is 186 g/mol. The molecule has 0 radical (unpaired) electrons. The number of carbonyl (C=O) groups is 1. The molecule has 0 unspecified atom stereocenters. The molecule has 0 saturated carbocycles. The maximum absolute atomic E-state index is 10.4. The summed E-state index contributed by atoms with van der Waals surface area (Å²) >= 11 is 0. The second kappa shape index (κ2) is 6.66. The van der Waals surface area contributed by atoms with Gasteiger partial charge in [0.05, 0.1) is 6.61 Å². The molecule has 76 valence electrons. The Morgan fingerprint density at radius 1 is 1.54 bits per heavy atom. The summed E-state index contributed by atoms with van der Waals surface area (Å²) < 4.78 is 5.29. The molecule has 0 fully saturated rings. The summed E-state index contributed by atoms with van der Waals surface area (Å²) in [5.41, 5.74) is 0.383. The fourth-order valence-corrected chi connectivity index (χ4v) is 0.765. The molecule has 0 heterocycles. The number of aliphatic carboxylic acids is 1. The standard InChI is InChI=1S/C10H18O3/c1-8(2)7-13-6-4-5-9(3)10(11)12/h5,8H,4,6-7H2,1-3H3,(H,11,12). The second-order valence-corrected chi connectivity index (χ2v) is 3.45. The lowest BCUT2D eigenvalue weighted by Gasteiger charge is -2.04. The van der Waals surface area contributed by atoms with Gasteiger partial charge in [0.15, 0.2) is 0 Å². The number of hydrogen-bond donors (Lipinski definition) is 1. The zero-order chi connectivity index (χ0) is 10.3. The SMILES string of the molecule is CC(=CCCOCC(C)C)C(=O)O. The van der Waals surface area contributed by atoms with Gasteiger partial charge in [-0.3, -0.25) is 0 Å². The smallest absolute Gasteiger partial charge is 0.330 e. The Balaban J connectivity index is 3.45. The summed E-state index contributed by atoms with van der Waals surface area (Å²) in [5, 5.41) is 8.52. The van der Waals surface area contributed by atoms with Crippen molar-refractivity contribution in [1.82, 2.24) is 0 Å². The van der Waals surface area contributed by atoms with E-state index in [-0.39, 0.29) is 0 Å². The molecule has 0 aliphatic heterocycles. The van der Waals surface area contributed by atoms with Gasteiger partial charge in [0.1, 0.15) is 0 Å². The van der Waals surface area contributed by atoms with Gasteiger partial charge in [0.2, 0.25) is 0 Å². The van der Waals surface area contributed by atoms with Crippen LogP contribution in [0.25, 0.3) is 0 Å². The van der Waals surface area contributed by atoms with E-state index in [0.717, 1.165) is 6.61 Å². The Morgan fingerprint density at radius 2 is 2.15 bits per heavy atom. The van der Waals surface area contributed by atoms with Crippen LogP contribution in [0, 0.1) is 5.92 Å². The van der Waals surface area contributed by atoms with Crippen molar-refractivity contribution < 1.29 is 14.6 Å². The first kappa shape index (κ1) is 12.2. The van der Waals surface area contributed by atoms with Crippen molar-refractivity contribution in [3.05, 3.63) is 11.6 Å². The first-order valence-corrected chi connectivity index (χ1v) is 4.51. The molecular weight excluding hydrogens is 168 g/mol. The second-order valence-electron chi connectivity index (χ2n) is 3.45. The third kappa shape index (κ3) is 7.53. The maximum Gasteiger partial charge on any atom is 0.330 e. The Morgan fingerprint density at radius 3 is 2.62 bits per heavy atom. The fraction of sp³-hybridized carbons (Fsp3) is 0.700. The number of rotatable bonds is 6. The zero-order valence-corrected chi connectivity index (χ0v) is 8.54. The van der Waals surface area contributed by atoms with Gasteiger partial charge in [-0.2, -0.15) is 0 Å². The van der Waals surface area contributed by atoms with E-state index in [2.05, 4.69) is 13.8 Å². The predicted molar refractivity (Wildman–Crippen MR) is 51.7 cm³/mol. The molecule has 0 aromatic carbocycles. The van der Waals surface area contributed by atoms with E-state index < -0.39 is 5.97 Å². The van der Waals surface area contributed by atoms with Crippen molar-refractivity contribution >= 4 is 5.97 Å². The van der Waals surface area contributed by atoms with Gasteiger partial charge in [0, 0.05) is 12.2 Å². The highest BCUT2D eigenvalue weighted by molar-refractivity contribution is 5.85. The van der Waals surface area contributed by atoms with Gasteiger partial charge in [0.25, 0.3) is 0 Å². The third-order valence-corrected chi connectivity index (χ3v) is 1.50. The van der Waals surface area contributed by atoms with Crippen LogP contribution in [-0.4, -0.2) is 24.3 Å². The van der Waals surface area contributed by atoms with Crippen molar-refractivity contribution in [1.29, 1.82) is 0 Å². The summed E-state index contributed by atoms with van der Waals surface area (Å²) in [6.45, 7) is 7.09. The molecule has 3 nitrogen and oxygen atoms in total. The molecule has 0 atom stereocenters. The molecular formula is C10H18O3. The highest BCUT2D eigenvalue weighted by Crippen LogP contribution is 1.97. The summed E-state index contributed by atoms with van der Waals surface area (Å²) in [4.78, 5) is 10.4. The van der Waals surface area contributed by atoms with Crippen molar-refractivity contribution in [3.63, 3.8) is 0 Å². The van der Waals surface area contributed by atoms with Crippen molar-refractivity contribution in [2.75, 3.05) is 13.2 Å². The predicted octanol–water partition coefficient (Wildman–Crippen LogP) is 2.08. The molecule has 0 bridgehead atoms. The number of ether oxygens (including phenoxy) is 1. The number of carboxylic acids is 1. The summed E-state index contributed by atoms with van der Waals surface area (Å²) in [6.07, 6.45) is 2.35. The average Bonchev–Trinajstić information content (AvgIpc) is 2.02. The fourth-order valence-electron chi connectivity index (χ4n) is 0.765. The molecule has 0 saturated heterocycles. The molecule has 0 aliphatic carbocycles. The molecule has 0 aliphatic rings. The minimum absolute atomic E-state index is 0.383. The van der Waals surface area contributed by atoms with Crippen LogP contribution >= 0.6 is 0 Å². The minimum atomic E-state index is -0.858. The Labute approximate surface area is 79.4 Å². The molecule has 3 heteroatoms. The molecule has 0 rings (SSSR count). The van der Waals surface area contributed by atoms with E-state index in [1.54, 1.807) is 13.0 Å². The third-order valence-electron chi connectivity index (χ3n) is 1.50. The van der Waals surface area contributed by atoms with Crippen molar-refractivity contribution in [2.45, 2.75) is 27.2 Å². The van der Waals surface area contributed by atoms with E-state index in [1.165, 1.54) is 0 Å². The van der Waals surface area contributed by atoms with Crippen LogP contribution in [0.5, 0.6) is 0 Å². The van der Waals surface area contributed by atoms with Crippen LogP contribution < -0.4 is 0 Å². The summed E-state index contributed by atoms with van der Waals surface area (Å²) in [5.74, 6) is -0.326. The van der Waals surface area contributed by atoms with Crippen LogP contribution in [-0.2, 0) is 9.53 Å². The largest absolute Gasteiger partial charge is 0.478 e. The van der Waals surface area contributed by atoms with Crippen LogP contribution in [0.1, 0.15) is 27.2 Å². The van der Waals surface area contributed by atoms with Gasteiger partial charge in [-0.1, -0.05) is 19.9 Å². The Kier molecular flexibility index (Phi) is 6.24. The van der Waals surface area contributed by atoms with Crippen molar-refractivity contribution in [2.24, 2.45) is 5.92 Å². The van der Waals surface area contributed by atoms with Crippen LogP contribution in [0.4, 0.5) is 0 Å². The topological polar surface area (TPSA) is 46.5 Å². The van der Waals surface area contributed by atoms with E-state index >= 15 is 0 Å².